The second-order valence-corrected chi connectivity index (χ2v) is 5.44. The minimum Gasteiger partial charge on any atom is -0.484 e. The van der Waals surface area contributed by atoms with Crippen LogP contribution in [0.25, 0.3) is 0 Å². The van der Waals surface area contributed by atoms with E-state index in [0.29, 0.717) is 24.4 Å². The molecule has 21 heavy (non-hydrogen) atoms. The van der Waals surface area contributed by atoms with Gasteiger partial charge in [0.15, 0.2) is 6.61 Å². The lowest BCUT2D eigenvalue weighted by atomic mass is 10.2. The molecule has 1 aromatic heterocycles. The van der Waals surface area contributed by atoms with Crippen molar-refractivity contribution in [2.45, 2.75) is 13.5 Å². The van der Waals surface area contributed by atoms with Gasteiger partial charge in [-0.3, -0.25) is 4.79 Å². The van der Waals surface area contributed by atoms with E-state index in [-0.39, 0.29) is 12.5 Å². The van der Waals surface area contributed by atoms with E-state index in [1.165, 1.54) is 0 Å². The highest BCUT2D eigenvalue weighted by Gasteiger charge is 2.13. The Morgan fingerprint density at radius 2 is 2.10 bits per heavy atom. The molecule has 1 heterocycles. The van der Waals surface area contributed by atoms with Crippen LogP contribution in [-0.2, 0) is 11.3 Å². The minimum atomic E-state index is -0.0461. The number of rotatable bonds is 6. The van der Waals surface area contributed by atoms with E-state index in [9.17, 15) is 4.79 Å². The van der Waals surface area contributed by atoms with Gasteiger partial charge in [0.05, 0.1) is 18.2 Å². The average molecular weight is 300 g/mol. The molecule has 0 N–H and O–H groups in total. The van der Waals surface area contributed by atoms with Gasteiger partial charge in [0.2, 0.25) is 0 Å². The van der Waals surface area contributed by atoms with Crippen molar-refractivity contribution >= 4 is 17.2 Å². The zero-order chi connectivity index (χ0) is 15.1. The van der Waals surface area contributed by atoms with Gasteiger partial charge >= 0.3 is 0 Å². The summed E-state index contributed by atoms with van der Waals surface area (Å²) in [4.78, 5) is 15.1. The van der Waals surface area contributed by atoms with Gasteiger partial charge in [-0.25, -0.2) is 0 Å². The summed E-state index contributed by atoms with van der Waals surface area (Å²) in [5.74, 6) is 0.546. The second-order valence-electron chi connectivity index (χ2n) is 4.41. The quantitative estimate of drug-likeness (QED) is 0.824. The summed E-state index contributed by atoms with van der Waals surface area (Å²) in [6.45, 7) is 3.22. The highest BCUT2D eigenvalue weighted by atomic mass is 32.1. The number of amides is 1. The van der Waals surface area contributed by atoms with Gasteiger partial charge < -0.3 is 9.64 Å². The Morgan fingerprint density at radius 1 is 1.33 bits per heavy atom. The summed E-state index contributed by atoms with van der Waals surface area (Å²) in [6, 6.07) is 12.8. The standard InChI is InChI=1S/C16H16N2O2S/c1-2-18(11-15-4-3-9-21-15)16(19)12-20-14-7-5-13(10-17)6-8-14/h3-9H,2,11-12H2,1H3. The fraction of sp³-hybridized carbons (Fsp3) is 0.250. The first-order valence-corrected chi connectivity index (χ1v) is 7.54. The number of carbonyl (C=O) groups is 1. The molecule has 0 unspecified atom stereocenters. The molecule has 0 radical (unpaired) electrons. The summed E-state index contributed by atoms with van der Waals surface area (Å²) in [7, 11) is 0. The lowest BCUT2D eigenvalue weighted by molar-refractivity contribution is -0.133. The minimum absolute atomic E-state index is 0.00507. The van der Waals surface area contributed by atoms with Gasteiger partial charge in [0, 0.05) is 11.4 Å². The Kier molecular flexibility index (Phi) is 5.35. The highest BCUT2D eigenvalue weighted by molar-refractivity contribution is 7.09. The van der Waals surface area contributed by atoms with Crippen LogP contribution >= 0.6 is 11.3 Å². The van der Waals surface area contributed by atoms with Gasteiger partial charge in [-0.2, -0.15) is 5.26 Å². The maximum atomic E-state index is 12.2. The Hall–Kier alpha value is -2.32. The molecule has 0 fully saturated rings. The summed E-state index contributed by atoms with van der Waals surface area (Å²) < 4.78 is 5.47. The van der Waals surface area contributed by atoms with Crippen LogP contribution in [0.5, 0.6) is 5.75 Å². The molecule has 108 valence electrons. The van der Waals surface area contributed by atoms with Crippen LogP contribution in [0.1, 0.15) is 17.4 Å². The molecule has 0 aliphatic carbocycles. The summed E-state index contributed by atoms with van der Waals surface area (Å²) in [5.41, 5.74) is 0.571. The summed E-state index contributed by atoms with van der Waals surface area (Å²) in [5, 5.41) is 10.7. The molecule has 0 bridgehead atoms. The van der Waals surface area contributed by atoms with Crippen LogP contribution in [-0.4, -0.2) is 24.0 Å². The van der Waals surface area contributed by atoms with E-state index in [2.05, 4.69) is 0 Å². The lowest BCUT2D eigenvalue weighted by Gasteiger charge is -2.20. The molecule has 0 saturated carbocycles. The molecule has 0 spiro atoms. The van der Waals surface area contributed by atoms with Crippen molar-refractivity contribution in [3.8, 4) is 11.8 Å². The molecule has 5 heteroatoms. The van der Waals surface area contributed by atoms with E-state index in [4.69, 9.17) is 10.00 Å². The van der Waals surface area contributed by atoms with Crippen molar-refractivity contribution in [3.63, 3.8) is 0 Å². The van der Waals surface area contributed by atoms with Gasteiger partial charge in [-0.1, -0.05) is 6.07 Å². The maximum absolute atomic E-state index is 12.2. The largest absolute Gasteiger partial charge is 0.484 e. The Balaban J connectivity index is 1.88. The normalized spacial score (nSPS) is 9.90. The number of hydrogen-bond acceptors (Lipinski definition) is 4. The van der Waals surface area contributed by atoms with E-state index < -0.39 is 0 Å². The first kappa shape index (κ1) is 15.1. The Labute approximate surface area is 128 Å². The molecule has 4 nitrogen and oxygen atoms in total. The fourth-order valence-electron chi connectivity index (χ4n) is 1.83. The van der Waals surface area contributed by atoms with Crippen LogP contribution in [0.3, 0.4) is 0 Å². The van der Waals surface area contributed by atoms with Gasteiger partial charge in [0.1, 0.15) is 5.75 Å². The molecule has 2 rings (SSSR count). The van der Waals surface area contributed by atoms with Crippen LogP contribution in [0.4, 0.5) is 0 Å². The van der Waals surface area contributed by atoms with Gasteiger partial charge in [-0.15, -0.1) is 11.3 Å². The molecule has 0 atom stereocenters. The van der Waals surface area contributed by atoms with E-state index in [0.717, 1.165) is 4.88 Å². The molecular weight excluding hydrogens is 284 g/mol. The molecule has 0 saturated heterocycles. The molecule has 0 aliphatic heterocycles. The number of ether oxygens (including phenoxy) is 1. The fourth-order valence-corrected chi connectivity index (χ4v) is 2.55. The summed E-state index contributed by atoms with van der Waals surface area (Å²) in [6.07, 6.45) is 0. The third-order valence-electron chi connectivity index (χ3n) is 3.01. The van der Waals surface area contributed by atoms with Crippen molar-refractivity contribution < 1.29 is 9.53 Å². The first-order chi connectivity index (χ1) is 10.2. The van der Waals surface area contributed by atoms with Crippen LogP contribution < -0.4 is 4.74 Å². The number of nitriles is 1. The second kappa shape index (κ2) is 7.46. The number of nitrogens with zero attached hydrogens (tertiary/aromatic N) is 2. The van der Waals surface area contributed by atoms with Gasteiger partial charge in [0.25, 0.3) is 5.91 Å². The van der Waals surface area contributed by atoms with Crippen LogP contribution in [0.2, 0.25) is 0 Å². The number of benzene rings is 1. The molecule has 1 aromatic carbocycles. The predicted molar refractivity (Wildman–Crippen MR) is 82.1 cm³/mol. The predicted octanol–water partition coefficient (Wildman–Crippen LogP) is 3.05. The molecule has 0 aliphatic rings. The lowest BCUT2D eigenvalue weighted by Crippen LogP contribution is -2.34. The van der Waals surface area contributed by atoms with Crippen LogP contribution in [0, 0.1) is 11.3 Å². The van der Waals surface area contributed by atoms with E-state index in [1.54, 1.807) is 40.5 Å². The maximum Gasteiger partial charge on any atom is 0.260 e. The first-order valence-electron chi connectivity index (χ1n) is 6.66. The van der Waals surface area contributed by atoms with Crippen molar-refractivity contribution in [1.29, 1.82) is 5.26 Å². The number of carbonyl (C=O) groups excluding carboxylic acids is 1. The zero-order valence-corrected chi connectivity index (χ0v) is 12.6. The van der Waals surface area contributed by atoms with Crippen molar-refractivity contribution in [1.82, 2.24) is 4.90 Å². The van der Waals surface area contributed by atoms with E-state index >= 15 is 0 Å². The van der Waals surface area contributed by atoms with Gasteiger partial charge in [-0.05, 0) is 42.6 Å². The van der Waals surface area contributed by atoms with E-state index in [1.807, 2.05) is 30.5 Å². The van der Waals surface area contributed by atoms with Crippen molar-refractivity contribution in [2.24, 2.45) is 0 Å². The van der Waals surface area contributed by atoms with Crippen molar-refractivity contribution in [2.75, 3.05) is 13.2 Å². The zero-order valence-electron chi connectivity index (χ0n) is 11.8. The molecule has 1 amide bonds. The smallest absolute Gasteiger partial charge is 0.260 e. The number of thiophene rings is 1. The Bertz CT molecular complexity index is 615. The molecule has 2 aromatic rings. The topological polar surface area (TPSA) is 53.3 Å². The third kappa shape index (κ3) is 4.33. The SMILES string of the molecule is CCN(Cc1cccs1)C(=O)COc1ccc(C#N)cc1. The Morgan fingerprint density at radius 3 is 2.67 bits per heavy atom. The summed E-state index contributed by atoms with van der Waals surface area (Å²) >= 11 is 1.64. The number of hydrogen-bond donors (Lipinski definition) is 0. The van der Waals surface area contributed by atoms with Crippen molar-refractivity contribution in [3.05, 3.63) is 52.2 Å². The molecular formula is C16H16N2O2S. The highest BCUT2D eigenvalue weighted by Crippen LogP contribution is 2.14. The third-order valence-corrected chi connectivity index (χ3v) is 3.87. The monoisotopic (exact) mass is 300 g/mol. The average Bonchev–Trinajstić information content (AvgIpc) is 3.03. The van der Waals surface area contributed by atoms with Crippen LogP contribution in [0.15, 0.2) is 41.8 Å². The number of likely N-dealkylation sites (N-methyl/N-ethyl adjacent to an activating group) is 1.